The van der Waals surface area contributed by atoms with E-state index in [2.05, 4.69) is 5.32 Å². The lowest BCUT2D eigenvalue weighted by atomic mass is 10.0. The third-order valence-electron chi connectivity index (χ3n) is 3.68. The Morgan fingerprint density at radius 2 is 2.00 bits per heavy atom. The highest BCUT2D eigenvalue weighted by atomic mass is 16.5. The van der Waals surface area contributed by atoms with Crippen LogP contribution in [0.15, 0.2) is 0 Å². The number of carbonyl (C=O) groups excluding carboxylic acids is 2. The first-order valence-corrected chi connectivity index (χ1v) is 8.05. The molecule has 22 heavy (non-hydrogen) atoms. The monoisotopic (exact) mass is 315 g/mol. The highest BCUT2D eigenvalue weighted by Crippen LogP contribution is 2.13. The first-order valence-electron chi connectivity index (χ1n) is 8.05. The summed E-state index contributed by atoms with van der Waals surface area (Å²) in [5, 5.41) is 2.71. The lowest BCUT2D eigenvalue weighted by molar-refractivity contribution is -0.148. The van der Waals surface area contributed by atoms with Crippen LogP contribution >= 0.6 is 0 Å². The van der Waals surface area contributed by atoms with E-state index < -0.39 is 18.1 Å². The van der Waals surface area contributed by atoms with E-state index in [9.17, 15) is 9.59 Å². The molecule has 128 valence electrons. The van der Waals surface area contributed by atoms with Gasteiger partial charge in [0.1, 0.15) is 12.1 Å². The molecule has 3 atom stereocenters. The Kier molecular flexibility index (Phi) is 8.42. The number of ether oxygens (including phenoxy) is 3. The molecule has 0 spiro atoms. The average molecular weight is 315 g/mol. The Bertz CT molecular complexity index is 352. The van der Waals surface area contributed by atoms with E-state index in [0.717, 1.165) is 25.9 Å². The molecular formula is C16H29NO5. The van der Waals surface area contributed by atoms with Gasteiger partial charge in [-0.25, -0.2) is 4.79 Å². The van der Waals surface area contributed by atoms with Gasteiger partial charge in [0.2, 0.25) is 5.91 Å². The van der Waals surface area contributed by atoms with Crippen molar-refractivity contribution in [3.8, 4) is 0 Å². The molecule has 1 saturated heterocycles. The highest BCUT2D eigenvalue weighted by Gasteiger charge is 2.26. The second-order valence-corrected chi connectivity index (χ2v) is 6.18. The van der Waals surface area contributed by atoms with Crippen LogP contribution in [0.5, 0.6) is 0 Å². The van der Waals surface area contributed by atoms with Crippen LogP contribution in [0.1, 0.15) is 46.5 Å². The average Bonchev–Trinajstić information content (AvgIpc) is 2.51. The van der Waals surface area contributed by atoms with E-state index in [4.69, 9.17) is 14.2 Å². The molecule has 1 amide bonds. The maximum absolute atomic E-state index is 12.1. The van der Waals surface area contributed by atoms with Crippen LogP contribution < -0.4 is 5.32 Å². The van der Waals surface area contributed by atoms with Crippen molar-refractivity contribution in [2.45, 2.75) is 64.7 Å². The Labute approximate surface area is 132 Å². The quantitative estimate of drug-likeness (QED) is 0.690. The molecule has 0 aromatic rings. The zero-order valence-electron chi connectivity index (χ0n) is 14.1. The normalized spacial score (nSPS) is 21.2. The highest BCUT2D eigenvalue weighted by molar-refractivity contribution is 5.86. The summed E-state index contributed by atoms with van der Waals surface area (Å²) < 4.78 is 15.9. The molecule has 0 aromatic carbocycles. The van der Waals surface area contributed by atoms with Gasteiger partial charge in [-0.1, -0.05) is 13.8 Å². The van der Waals surface area contributed by atoms with Gasteiger partial charge < -0.3 is 19.5 Å². The van der Waals surface area contributed by atoms with Crippen LogP contribution in [-0.4, -0.2) is 50.4 Å². The van der Waals surface area contributed by atoms with Crippen molar-refractivity contribution in [3.63, 3.8) is 0 Å². The van der Waals surface area contributed by atoms with Gasteiger partial charge in [0.25, 0.3) is 0 Å². The zero-order valence-corrected chi connectivity index (χ0v) is 14.1. The van der Waals surface area contributed by atoms with E-state index in [0.29, 0.717) is 13.0 Å². The molecule has 1 aliphatic heterocycles. The molecule has 0 aromatic heterocycles. The molecule has 0 aliphatic carbocycles. The van der Waals surface area contributed by atoms with Gasteiger partial charge in [0.05, 0.1) is 19.8 Å². The van der Waals surface area contributed by atoms with Gasteiger partial charge in [-0.05, 0) is 38.5 Å². The Morgan fingerprint density at radius 1 is 1.27 bits per heavy atom. The number of hydrogen-bond acceptors (Lipinski definition) is 5. The number of methoxy groups -OCH3 is 1. The number of amides is 1. The predicted octanol–water partition coefficient (Wildman–Crippen LogP) is 1.66. The fourth-order valence-electron chi connectivity index (χ4n) is 2.38. The van der Waals surface area contributed by atoms with E-state index in [1.54, 1.807) is 6.92 Å². The maximum Gasteiger partial charge on any atom is 0.328 e. The molecule has 1 N–H and O–H groups in total. The van der Waals surface area contributed by atoms with Crippen LogP contribution in [-0.2, 0) is 23.8 Å². The SMILES string of the molecule is COC(=O)C(CC(C)C)NC(=O)C(C)OCC1CCCCO1. The van der Waals surface area contributed by atoms with Gasteiger partial charge in [0.15, 0.2) is 0 Å². The van der Waals surface area contributed by atoms with Crippen LogP contribution in [0, 0.1) is 5.92 Å². The molecule has 6 nitrogen and oxygen atoms in total. The van der Waals surface area contributed by atoms with Crippen molar-refractivity contribution < 1.29 is 23.8 Å². The van der Waals surface area contributed by atoms with Crippen LogP contribution in [0.4, 0.5) is 0 Å². The van der Waals surface area contributed by atoms with E-state index >= 15 is 0 Å². The number of rotatable bonds is 8. The Balaban J connectivity index is 2.40. The number of hydrogen-bond donors (Lipinski definition) is 1. The van der Waals surface area contributed by atoms with Crippen molar-refractivity contribution in [2.24, 2.45) is 5.92 Å². The summed E-state index contributed by atoms with van der Waals surface area (Å²) in [7, 11) is 1.32. The summed E-state index contributed by atoms with van der Waals surface area (Å²) in [6.45, 7) is 6.82. The van der Waals surface area contributed by atoms with Crippen LogP contribution in [0.3, 0.4) is 0 Å². The van der Waals surface area contributed by atoms with E-state index in [-0.39, 0.29) is 17.9 Å². The summed E-state index contributed by atoms with van der Waals surface area (Å²) >= 11 is 0. The second-order valence-electron chi connectivity index (χ2n) is 6.18. The van der Waals surface area contributed by atoms with Gasteiger partial charge in [-0.15, -0.1) is 0 Å². The lowest BCUT2D eigenvalue weighted by Crippen LogP contribution is -2.47. The molecule has 3 unspecified atom stereocenters. The molecule has 6 heteroatoms. The van der Waals surface area contributed by atoms with Crippen molar-refractivity contribution >= 4 is 11.9 Å². The summed E-state index contributed by atoms with van der Waals surface area (Å²) in [5.74, 6) is -0.451. The van der Waals surface area contributed by atoms with Gasteiger partial charge >= 0.3 is 5.97 Å². The molecular weight excluding hydrogens is 286 g/mol. The van der Waals surface area contributed by atoms with Crippen molar-refractivity contribution in [1.82, 2.24) is 5.32 Å². The van der Waals surface area contributed by atoms with E-state index in [1.807, 2.05) is 13.8 Å². The molecule has 0 saturated carbocycles. The van der Waals surface area contributed by atoms with Crippen molar-refractivity contribution in [1.29, 1.82) is 0 Å². The topological polar surface area (TPSA) is 73.9 Å². The molecule has 0 bridgehead atoms. The first kappa shape index (κ1) is 18.9. The largest absolute Gasteiger partial charge is 0.467 e. The van der Waals surface area contributed by atoms with Gasteiger partial charge in [-0.3, -0.25) is 4.79 Å². The fourth-order valence-corrected chi connectivity index (χ4v) is 2.38. The molecule has 1 fully saturated rings. The zero-order chi connectivity index (χ0) is 16.5. The van der Waals surface area contributed by atoms with E-state index in [1.165, 1.54) is 7.11 Å². The minimum absolute atomic E-state index is 0.0658. The number of esters is 1. The lowest BCUT2D eigenvalue weighted by Gasteiger charge is -2.25. The van der Waals surface area contributed by atoms with Crippen LogP contribution in [0.2, 0.25) is 0 Å². The number of carbonyl (C=O) groups is 2. The summed E-state index contributed by atoms with van der Waals surface area (Å²) in [5.41, 5.74) is 0. The molecule has 1 heterocycles. The smallest absolute Gasteiger partial charge is 0.328 e. The molecule has 1 rings (SSSR count). The third-order valence-corrected chi connectivity index (χ3v) is 3.68. The Morgan fingerprint density at radius 3 is 2.55 bits per heavy atom. The van der Waals surface area contributed by atoms with Crippen LogP contribution in [0.25, 0.3) is 0 Å². The second kappa shape index (κ2) is 9.79. The molecule has 1 aliphatic rings. The summed E-state index contributed by atoms with van der Waals surface area (Å²) in [6.07, 6.45) is 3.17. The molecule has 0 radical (unpaired) electrons. The maximum atomic E-state index is 12.1. The minimum atomic E-state index is -0.630. The summed E-state index contributed by atoms with van der Waals surface area (Å²) in [6, 6.07) is -0.630. The number of nitrogens with one attached hydrogen (secondary N) is 1. The first-order chi connectivity index (χ1) is 10.4. The predicted molar refractivity (Wildman–Crippen MR) is 82.4 cm³/mol. The summed E-state index contributed by atoms with van der Waals surface area (Å²) in [4.78, 5) is 23.9. The van der Waals surface area contributed by atoms with Gasteiger partial charge in [-0.2, -0.15) is 0 Å². The van der Waals surface area contributed by atoms with Crippen molar-refractivity contribution in [3.05, 3.63) is 0 Å². The fraction of sp³-hybridized carbons (Fsp3) is 0.875. The third kappa shape index (κ3) is 6.75. The van der Waals surface area contributed by atoms with Gasteiger partial charge in [0, 0.05) is 6.61 Å². The van der Waals surface area contributed by atoms with Crippen molar-refractivity contribution in [2.75, 3.05) is 20.3 Å². The minimum Gasteiger partial charge on any atom is -0.467 e. The Hall–Kier alpha value is -1.14. The standard InChI is InChI=1S/C16H29NO5/c1-11(2)9-14(16(19)20-4)17-15(18)12(3)22-10-13-7-5-6-8-21-13/h11-14H,5-10H2,1-4H3,(H,17,18).